The highest BCUT2D eigenvalue weighted by atomic mass is 16.5. The van der Waals surface area contributed by atoms with Gasteiger partial charge in [-0.05, 0) is 13.0 Å². The third-order valence-electron chi connectivity index (χ3n) is 3.97. The molecule has 0 radical (unpaired) electrons. The minimum absolute atomic E-state index is 0.0102. The maximum Gasteiger partial charge on any atom is 0.257 e. The predicted octanol–water partition coefficient (Wildman–Crippen LogP) is 1.88. The lowest BCUT2D eigenvalue weighted by molar-refractivity contribution is 0.0635. The summed E-state index contributed by atoms with van der Waals surface area (Å²) in [5.74, 6) is 0.924. The number of rotatable bonds is 4. The molecule has 0 N–H and O–H groups in total. The molecule has 21 heavy (non-hydrogen) atoms. The second-order valence-corrected chi connectivity index (χ2v) is 5.19. The van der Waals surface area contributed by atoms with Crippen molar-refractivity contribution < 1.29 is 13.9 Å². The average molecular weight is 289 g/mol. The number of ether oxygens (including phenoxy) is 1. The molecule has 1 atom stereocenters. The number of methoxy groups -OCH3 is 1. The highest BCUT2D eigenvalue weighted by molar-refractivity contribution is 5.94. The monoisotopic (exact) mass is 289 g/mol. The van der Waals surface area contributed by atoms with E-state index in [9.17, 15) is 4.79 Å². The van der Waals surface area contributed by atoms with Crippen LogP contribution in [0.2, 0.25) is 0 Å². The average Bonchev–Trinajstić information content (AvgIpc) is 3.15. The zero-order valence-corrected chi connectivity index (χ0v) is 12.3. The van der Waals surface area contributed by atoms with Gasteiger partial charge in [-0.3, -0.25) is 4.79 Å². The molecule has 6 heteroatoms. The van der Waals surface area contributed by atoms with Crippen LogP contribution in [0.4, 0.5) is 0 Å². The Bertz CT molecular complexity index is 618. The van der Waals surface area contributed by atoms with E-state index in [1.165, 1.54) is 12.5 Å². The number of carbonyl (C=O) groups excluding carboxylic acids is 1. The molecule has 112 valence electrons. The van der Waals surface area contributed by atoms with Crippen LogP contribution in [0, 0.1) is 0 Å². The van der Waals surface area contributed by atoms with Crippen LogP contribution in [0.1, 0.15) is 34.8 Å². The fraction of sp³-hybridized carbons (Fsp3) is 0.467. The van der Waals surface area contributed by atoms with Gasteiger partial charge in [0, 0.05) is 38.5 Å². The van der Waals surface area contributed by atoms with Gasteiger partial charge in [-0.1, -0.05) is 0 Å². The molecule has 2 aromatic heterocycles. The fourth-order valence-electron chi connectivity index (χ4n) is 2.80. The first-order chi connectivity index (χ1) is 10.2. The maximum absolute atomic E-state index is 12.5. The molecule has 0 bridgehead atoms. The lowest BCUT2D eigenvalue weighted by Gasteiger charge is -2.34. The maximum atomic E-state index is 12.5. The molecule has 1 amide bonds. The van der Waals surface area contributed by atoms with E-state index in [2.05, 4.69) is 9.55 Å². The second kappa shape index (κ2) is 5.73. The van der Waals surface area contributed by atoms with Crippen LogP contribution < -0.4 is 0 Å². The highest BCUT2D eigenvalue weighted by Crippen LogP contribution is 2.27. The molecule has 0 aliphatic carbocycles. The summed E-state index contributed by atoms with van der Waals surface area (Å²) in [6.07, 6.45) is 5.73. The number of amides is 1. The minimum Gasteiger partial charge on any atom is -0.472 e. The molecule has 0 aromatic carbocycles. The van der Waals surface area contributed by atoms with Crippen molar-refractivity contribution in [1.29, 1.82) is 0 Å². The summed E-state index contributed by atoms with van der Waals surface area (Å²) in [4.78, 5) is 18.8. The molecule has 0 fully saturated rings. The quantitative estimate of drug-likeness (QED) is 0.862. The first-order valence-electron chi connectivity index (χ1n) is 7.08. The molecule has 2 aromatic rings. The number of fused-ring (bicyclic) bond motifs is 1. The Balaban J connectivity index is 1.81. The second-order valence-electron chi connectivity index (χ2n) is 5.19. The Morgan fingerprint density at radius 1 is 1.52 bits per heavy atom. The van der Waals surface area contributed by atoms with Gasteiger partial charge in [-0.25, -0.2) is 4.98 Å². The molecule has 6 nitrogen and oxygen atoms in total. The van der Waals surface area contributed by atoms with E-state index < -0.39 is 0 Å². The first kappa shape index (κ1) is 13.9. The summed E-state index contributed by atoms with van der Waals surface area (Å²) < 4.78 is 12.3. The van der Waals surface area contributed by atoms with Crippen LogP contribution in [0.5, 0.6) is 0 Å². The van der Waals surface area contributed by atoms with Crippen molar-refractivity contribution >= 4 is 5.91 Å². The number of nitrogens with zero attached hydrogens (tertiary/aromatic N) is 3. The zero-order chi connectivity index (χ0) is 14.8. The molecule has 0 unspecified atom stereocenters. The highest BCUT2D eigenvalue weighted by Gasteiger charge is 2.31. The minimum atomic E-state index is -0.0440. The third kappa shape index (κ3) is 2.47. The van der Waals surface area contributed by atoms with Gasteiger partial charge in [0.15, 0.2) is 0 Å². The van der Waals surface area contributed by atoms with Crippen molar-refractivity contribution in [2.45, 2.75) is 25.9 Å². The Kier molecular flexibility index (Phi) is 3.79. The SMILES string of the molecule is COCCc1cnc2n1CCN(C(=O)c1ccoc1)[C@H]2C. The van der Waals surface area contributed by atoms with Crippen LogP contribution in [0.15, 0.2) is 29.2 Å². The van der Waals surface area contributed by atoms with Gasteiger partial charge in [0.25, 0.3) is 5.91 Å². The van der Waals surface area contributed by atoms with Gasteiger partial charge < -0.3 is 18.6 Å². The summed E-state index contributed by atoms with van der Waals surface area (Å²) in [5.41, 5.74) is 1.75. The van der Waals surface area contributed by atoms with E-state index in [0.29, 0.717) is 18.7 Å². The van der Waals surface area contributed by atoms with E-state index in [1.54, 1.807) is 13.2 Å². The molecular formula is C15H19N3O3. The van der Waals surface area contributed by atoms with E-state index in [4.69, 9.17) is 9.15 Å². The van der Waals surface area contributed by atoms with Crippen molar-refractivity contribution in [3.63, 3.8) is 0 Å². The molecule has 3 rings (SSSR count). The van der Waals surface area contributed by atoms with Gasteiger partial charge in [0.05, 0.1) is 24.5 Å². The molecule has 1 aliphatic rings. The van der Waals surface area contributed by atoms with E-state index in [-0.39, 0.29) is 11.9 Å². The van der Waals surface area contributed by atoms with Crippen molar-refractivity contribution in [2.75, 3.05) is 20.3 Å². The number of carbonyl (C=O) groups is 1. The Morgan fingerprint density at radius 3 is 3.10 bits per heavy atom. The van der Waals surface area contributed by atoms with E-state index in [1.807, 2.05) is 18.0 Å². The van der Waals surface area contributed by atoms with Gasteiger partial charge in [-0.2, -0.15) is 0 Å². The van der Waals surface area contributed by atoms with Gasteiger partial charge >= 0.3 is 0 Å². The summed E-state index contributed by atoms with van der Waals surface area (Å²) in [5, 5.41) is 0. The number of aromatic nitrogens is 2. The molecule has 0 saturated heterocycles. The number of furan rings is 1. The summed E-state index contributed by atoms with van der Waals surface area (Å²) in [6.45, 7) is 4.13. The van der Waals surface area contributed by atoms with Crippen molar-refractivity contribution in [3.05, 3.63) is 41.9 Å². The molecule has 0 spiro atoms. The largest absolute Gasteiger partial charge is 0.472 e. The molecular weight excluding hydrogens is 270 g/mol. The van der Waals surface area contributed by atoms with Crippen molar-refractivity contribution in [2.24, 2.45) is 0 Å². The zero-order valence-electron chi connectivity index (χ0n) is 12.3. The van der Waals surface area contributed by atoms with Crippen LogP contribution in [-0.4, -0.2) is 40.6 Å². The normalized spacial score (nSPS) is 17.8. The van der Waals surface area contributed by atoms with Gasteiger partial charge in [-0.15, -0.1) is 0 Å². The van der Waals surface area contributed by atoms with Crippen LogP contribution in [-0.2, 0) is 17.7 Å². The van der Waals surface area contributed by atoms with Crippen molar-refractivity contribution in [1.82, 2.24) is 14.5 Å². The van der Waals surface area contributed by atoms with Crippen molar-refractivity contribution in [3.8, 4) is 0 Å². The lowest BCUT2D eigenvalue weighted by Crippen LogP contribution is -2.41. The standard InChI is InChI=1S/C15H19N3O3/c1-11-14-16-9-13(4-7-20-2)18(14)6-5-17(11)15(19)12-3-8-21-10-12/h3,8-11H,4-7H2,1-2H3/t11-/m0/s1. The topological polar surface area (TPSA) is 60.5 Å². The summed E-state index contributed by atoms with van der Waals surface area (Å²) >= 11 is 0. The van der Waals surface area contributed by atoms with Crippen LogP contribution in [0.25, 0.3) is 0 Å². The lowest BCUT2D eigenvalue weighted by atomic mass is 10.1. The Labute approximate surface area is 123 Å². The molecule has 1 aliphatic heterocycles. The van der Waals surface area contributed by atoms with Crippen LogP contribution >= 0.6 is 0 Å². The third-order valence-corrected chi connectivity index (χ3v) is 3.97. The Morgan fingerprint density at radius 2 is 2.38 bits per heavy atom. The van der Waals surface area contributed by atoms with Gasteiger partial charge in [0.2, 0.25) is 0 Å². The predicted molar refractivity (Wildman–Crippen MR) is 76.0 cm³/mol. The number of hydrogen-bond acceptors (Lipinski definition) is 4. The fourth-order valence-corrected chi connectivity index (χ4v) is 2.80. The number of hydrogen-bond donors (Lipinski definition) is 0. The molecule has 3 heterocycles. The summed E-state index contributed by atoms with van der Waals surface area (Å²) in [6, 6.07) is 1.65. The smallest absolute Gasteiger partial charge is 0.257 e. The Hall–Kier alpha value is -2.08. The van der Waals surface area contributed by atoms with Gasteiger partial charge in [0.1, 0.15) is 12.1 Å². The first-order valence-corrected chi connectivity index (χ1v) is 7.08. The van der Waals surface area contributed by atoms with E-state index in [0.717, 1.165) is 24.5 Å². The summed E-state index contributed by atoms with van der Waals surface area (Å²) in [7, 11) is 1.70. The van der Waals surface area contributed by atoms with Crippen LogP contribution in [0.3, 0.4) is 0 Å². The number of imidazole rings is 1. The van der Waals surface area contributed by atoms with E-state index >= 15 is 0 Å². The molecule has 0 saturated carbocycles.